The van der Waals surface area contributed by atoms with E-state index in [1.54, 1.807) is 12.3 Å². The second-order valence-corrected chi connectivity index (χ2v) is 5.45. The molecule has 1 aromatic rings. The predicted octanol–water partition coefficient (Wildman–Crippen LogP) is 2.59. The Labute approximate surface area is 106 Å². The molecule has 1 unspecified atom stereocenters. The highest BCUT2D eigenvalue weighted by molar-refractivity contribution is 6.29. The number of aromatic nitrogens is 2. The number of hydrogen-bond donors (Lipinski definition) is 2. The lowest BCUT2D eigenvalue weighted by atomic mass is 9.88. The number of nitrogens with zero attached hydrogens (tertiary/aromatic N) is 2. The molecule has 2 rings (SSSR count). The molecule has 0 bridgehead atoms. The van der Waals surface area contributed by atoms with Crippen molar-refractivity contribution < 1.29 is 0 Å². The van der Waals surface area contributed by atoms with Gasteiger partial charge in [0.1, 0.15) is 5.15 Å². The van der Waals surface area contributed by atoms with Crippen LogP contribution in [0.15, 0.2) is 24.5 Å². The second kappa shape index (κ2) is 4.53. The molecule has 1 aromatic heterocycles. The fourth-order valence-electron chi connectivity index (χ4n) is 2.26. The van der Waals surface area contributed by atoms with Gasteiger partial charge in [-0.25, -0.2) is 9.97 Å². The second-order valence-electron chi connectivity index (χ2n) is 5.06. The third kappa shape index (κ3) is 3.33. The summed E-state index contributed by atoms with van der Waals surface area (Å²) in [5.74, 6) is 0.577. The van der Waals surface area contributed by atoms with E-state index in [0.717, 1.165) is 18.5 Å². The quantitative estimate of drug-likeness (QED) is 0.795. The van der Waals surface area contributed by atoms with Crippen molar-refractivity contribution in [1.82, 2.24) is 15.3 Å². The highest BCUT2D eigenvalue weighted by Crippen LogP contribution is 2.25. The third-order valence-corrected chi connectivity index (χ3v) is 2.93. The van der Waals surface area contributed by atoms with E-state index in [0.29, 0.717) is 11.1 Å². The van der Waals surface area contributed by atoms with Crippen molar-refractivity contribution in [1.29, 1.82) is 0 Å². The van der Waals surface area contributed by atoms with Crippen LogP contribution in [-0.2, 0) is 0 Å². The van der Waals surface area contributed by atoms with Crippen LogP contribution in [0.1, 0.15) is 26.7 Å². The molecule has 2 heterocycles. The van der Waals surface area contributed by atoms with Crippen molar-refractivity contribution in [3.05, 3.63) is 29.7 Å². The minimum atomic E-state index is 0.0472. The van der Waals surface area contributed by atoms with Gasteiger partial charge in [0.05, 0.1) is 0 Å². The average molecular weight is 253 g/mol. The maximum absolute atomic E-state index is 5.83. The van der Waals surface area contributed by atoms with Crippen molar-refractivity contribution in [3.63, 3.8) is 0 Å². The van der Waals surface area contributed by atoms with Crippen LogP contribution in [0.2, 0.25) is 5.15 Å². The van der Waals surface area contributed by atoms with E-state index in [1.165, 1.54) is 0 Å². The number of piperidine rings is 1. The first-order valence-corrected chi connectivity index (χ1v) is 6.03. The molecule has 5 heteroatoms. The zero-order valence-corrected chi connectivity index (χ0v) is 10.9. The van der Waals surface area contributed by atoms with Crippen molar-refractivity contribution in [2.24, 2.45) is 0 Å². The molecule has 1 aliphatic heterocycles. The van der Waals surface area contributed by atoms with E-state index in [4.69, 9.17) is 11.6 Å². The van der Waals surface area contributed by atoms with Crippen molar-refractivity contribution in [2.45, 2.75) is 38.3 Å². The molecular weight excluding hydrogens is 236 g/mol. The lowest BCUT2D eigenvalue weighted by molar-refractivity contribution is 0.324. The molecule has 1 fully saturated rings. The Balaban J connectivity index is 2.06. The molecule has 1 aliphatic rings. The average Bonchev–Trinajstić information content (AvgIpc) is 2.13. The first kappa shape index (κ1) is 12.2. The van der Waals surface area contributed by atoms with Crippen molar-refractivity contribution >= 4 is 17.5 Å². The summed E-state index contributed by atoms with van der Waals surface area (Å²) in [6.45, 7) is 8.32. The van der Waals surface area contributed by atoms with Gasteiger partial charge in [0, 0.05) is 29.9 Å². The summed E-state index contributed by atoms with van der Waals surface area (Å²) in [6, 6.07) is 1.95. The summed E-state index contributed by atoms with van der Waals surface area (Å²) < 4.78 is 0. The fraction of sp³-hybridized carbons (Fsp3) is 0.500. The van der Waals surface area contributed by atoms with Gasteiger partial charge in [0.2, 0.25) is 5.95 Å². The summed E-state index contributed by atoms with van der Waals surface area (Å²) in [7, 11) is 0. The molecule has 17 heavy (non-hydrogen) atoms. The van der Waals surface area contributed by atoms with E-state index >= 15 is 0 Å². The normalized spacial score (nSPS) is 23.0. The molecule has 92 valence electrons. The largest absolute Gasteiger partial charge is 0.384 e. The summed E-state index contributed by atoms with van der Waals surface area (Å²) in [5, 5.41) is 7.13. The van der Waals surface area contributed by atoms with Crippen LogP contribution < -0.4 is 10.6 Å². The number of halogens is 1. The van der Waals surface area contributed by atoms with Gasteiger partial charge in [-0.2, -0.15) is 0 Å². The monoisotopic (exact) mass is 252 g/mol. The van der Waals surface area contributed by atoms with Crippen molar-refractivity contribution in [2.75, 3.05) is 5.32 Å². The summed E-state index contributed by atoms with van der Waals surface area (Å²) in [5.41, 5.74) is 1.09. The smallest absolute Gasteiger partial charge is 0.224 e. The third-order valence-electron chi connectivity index (χ3n) is 2.72. The number of rotatable bonds is 2. The zero-order chi connectivity index (χ0) is 12.5. The van der Waals surface area contributed by atoms with Crippen LogP contribution >= 0.6 is 11.6 Å². The summed E-state index contributed by atoms with van der Waals surface area (Å²) in [4.78, 5) is 8.28. The standard InChI is InChI=1S/C12H17ClN4/c1-8-6-9(7-12(2,3)17-8)15-11-14-5-4-10(13)16-11/h4-5,9,17H,1,6-7H2,2-3H3,(H,14,15,16). The van der Waals surface area contributed by atoms with Gasteiger partial charge >= 0.3 is 0 Å². The molecule has 0 aromatic carbocycles. The Morgan fingerprint density at radius 3 is 3.00 bits per heavy atom. The minimum Gasteiger partial charge on any atom is -0.384 e. The number of nitrogens with one attached hydrogen (secondary N) is 2. The van der Waals surface area contributed by atoms with E-state index < -0.39 is 0 Å². The van der Waals surface area contributed by atoms with Crippen LogP contribution in [0.3, 0.4) is 0 Å². The maximum Gasteiger partial charge on any atom is 0.224 e. The van der Waals surface area contributed by atoms with Gasteiger partial charge < -0.3 is 10.6 Å². The maximum atomic E-state index is 5.83. The van der Waals surface area contributed by atoms with Gasteiger partial charge in [-0.1, -0.05) is 18.2 Å². The molecule has 1 atom stereocenters. The van der Waals surface area contributed by atoms with E-state index in [1.807, 2.05) is 0 Å². The molecule has 0 amide bonds. The first-order chi connectivity index (χ1) is 7.94. The Kier molecular flexibility index (Phi) is 3.24. The minimum absolute atomic E-state index is 0.0472. The van der Waals surface area contributed by atoms with Crippen LogP contribution in [0, 0.1) is 0 Å². The SMILES string of the molecule is C=C1CC(Nc2nccc(Cl)n2)CC(C)(C)N1. The van der Waals surface area contributed by atoms with E-state index in [-0.39, 0.29) is 11.6 Å². The molecule has 0 saturated carbocycles. The number of hydrogen-bond acceptors (Lipinski definition) is 4. The van der Waals surface area contributed by atoms with Crippen molar-refractivity contribution in [3.8, 4) is 0 Å². The molecule has 2 N–H and O–H groups in total. The molecule has 0 radical (unpaired) electrons. The van der Waals surface area contributed by atoms with Gasteiger partial charge in [-0.05, 0) is 26.3 Å². The molecule has 1 saturated heterocycles. The van der Waals surface area contributed by atoms with Gasteiger partial charge in [0.25, 0.3) is 0 Å². The Morgan fingerprint density at radius 2 is 2.35 bits per heavy atom. The lowest BCUT2D eigenvalue weighted by Gasteiger charge is -2.38. The van der Waals surface area contributed by atoms with Gasteiger partial charge in [0.15, 0.2) is 0 Å². The van der Waals surface area contributed by atoms with Crippen LogP contribution in [0.5, 0.6) is 0 Å². The fourth-order valence-corrected chi connectivity index (χ4v) is 2.39. The molecular formula is C12H17ClN4. The highest BCUT2D eigenvalue weighted by atomic mass is 35.5. The van der Waals surface area contributed by atoms with Gasteiger partial charge in [-0.15, -0.1) is 0 Å². The molecule has 0 aliphatic carbocycles. The number of anilines is 1. The van der Waals surface area contributed by atoms with Gasteiger partial charge in [-0.3, -0.25) is 0 Å². The molecule has 0 spiro atoms. The lowest BCUT2D eigenvalue weighted by Crippen LogP contribution is -2.48. The highest BCUT2D eigenvalue weighted by Gasteiger charge is 2.29. The van der Waals surface area contributed by atoms with Crippen LogP contribution in [0.25, 0.3) is 0 Å². The summed E-state index contributed by atoms with van der Waals surface area (Å²) in [6.07, 6.45) is 3.51. The first-order valence-electron chi connectivity index (χ1n) is 5.66. The Morgan fingerprint density at radius 1 is 1.59 bits per heavy atom. The van der Waals surface area contributed by atoms with Crippen LogP contribution in [0.4, 0.5) is 5.95 Å². The summed E-state index contributed by atoms with van der Waals surface area (Å²) >= 11 is 5.83. The predicted molar refractivity (Wildman–Crippen MR) is 70.0 cm³/mol. The van der Waals surface area contributed by atoms with E-state index in [9.17, 15) is 0 Å². The zero-order valence-electron chi connectivity index (χ0n) is 10.1. The van der Waals surface area contributed by atoms with Crippen LogP contribution in [-0.4, -0.2) is 21.5 Å². The topological polar surface area (TPSA) is 49.8 Å². The van der Waals surface area contributed by atoms with E-state index in [2.05, 4.69) is 41.0 Å². The Hall–Kier alpha value is -1.29. The Bertz CT molecular complexity index is 430. The molecule has 4 nitrogen and oxygen atoms in total.